The van der Waals surface area contributed by atoms with Crippen LogP contribution in [-0.2, 0) is 6.54 Å². The van der Waals surface area contributed by atoms with Gasteiger partial charge in [0.05, 0.1) is 12.8 Å². The highest BCUT2D eigenvalue weighted by molar-refractivity contribution is 7.13. The van der Waals surface area contributed by atoms with Crippen molar-refractivity contribution in [3.05, 3.63) is 95.4 Å². The molecule has 0 saturated carbocycles. The smallest absolute Gasteiger partial charge is 0.251 e. The summed E-state index contributed by atoms with van der Waals surface area (Å²) in [6.07, 6.45) is 0. The van der Waals surface area contributed by atoms with E-state index in [1.165, 1.54) is 0 Å². The molecule has 0 spiro atoms. The van der Waals surface area contributed by atoms with Crippen LogP contribution in [0.3, 0.4) is 0 Å². The Morgan fingerprint density at radius 1 is 0.931 bits per heavy atom. The highest BCUT2D eigenvalue weighted by Gasteiger charge is 2.08. The first-order valence-corrected chi connectivity index (χ1v) is 10.1. The van der Waals surface area contributed by atoms with Crippen LogP contribution in [0.4, 0.5) is 0 Å². The first kappa shape index (κ1) is 18.9. The Kier molecular flexibility index (Phi) is 5.68. The van der Waals surface area contributed by atoms with Gasteiger partial charge in [0.1, 0.15) is 10.8 Å². The van der Waals surface area contributed by atoms with Gasteiger partial charge in [0, 0.05) is 28.6 Å². The number of thiazole rings is 1. The topological polar surface area (TPSA) is 51.2 Å². The van der Waals surface area contributed by atoms with Gasteiger partial charge in [-0.2, -0.15) is 0 Å². The number of carbonyl (C=O) groups is 1. The first-order chi connectivity index (χ1) is 14.2. The summed E-state index contributed by atoms with van der Waals surface area (Å²) in [6.45, 7) is 0.470. The highest BCUT2D eigenvalue weighted by atomic mass is 32.1. The van der Waals surface area contributed by atoms with Gasteiger partial charge in [-0.05, 0) is 29.8 Å². The van der Waals surface area contributed by atoms with Crippen LogP contribution in [0, 0.1) is 0 Å². The Balaban J connectivity index is 1.39. The predicted octanol–water partition coefficient (Wildman–Crippen LogP) is 5.42. The van der Waals surface area contributed by atoms with E-state index in [0.717, 1.165) is 33.1 Å². The Bertz CT molecular complexity index is 1090. The molecule has 4 nitrogen and oxygen atoms in total. The Hall–Kier alpha value is -3.44. The monoisotopic (exact) mass is 400 g/mol. The lowest BCUT2D eigenvalue weighted by molar-refractivity contribution is 0.0951. The summed E-state index contributed by atoms with van der Waals surface area (Å²) in [5.74, 6) is 0.623. The molecule has 0 saturated heterocycles. The number of ether oxygens (including phenoxy) is 1. The molecule has 5 heteroatoms. The van der Waals surface area contributed by atoms with Crippen LogP contribution in [-0.4, -0.2) is 18.0 Å². The Morgan fingerprint density at radius 3 is 2.34 bits per heavy atom. The fourth-order valence-corrected chi connectivity index (χ4v) is 3.78. The molecular weight excluding hydrogens is 380 g/mol. The summed E-state index contributed by atoms with van der Waals surface area (Å²) < 4.78 is 5.12. The van der Waals surface area contributed by atoms with E-state index in [2.05, 4.69) is 22.8 Å². The average molecular weight is 401 g/mol. The number of rotatable bonds is 6. The largest absolute Gasteiger partial charge is 0.497 e. The molecule has 29 heavy (non-hydrogen) atoms. The van der Waals surface area contributed by atoms with Gasteiger partial charge in [0.15, 0.2) is 0 Å². The van der Waals surface area contributed by atoms with Crippen LogP contribution in [0.5, 0.6) is 5.75 Å². The minimum atomic E-state index is -0.108. The second-order valence-corrected chi connectivity index (χ2v) is 7.37. The van der Waals surface area contributed by atoms with Crippen LogP contribution < -0.4 is 10.1 Å². The van der Waals surface area contributed by atoms with E-state index in [4.69, 9.17) is 9.72 Å². The van der Waals surface area contributed by atoms with Crippen molar-refractivity contribution < 1.29 is 9.53 Å². The zero-order valence-electron chi connectivity index (χ0n) is 16.0. The molecule has 144 valence electrons. The molecule has 0 atom stereocenters. The lowest BCUT2D eigenvalue weighted by atomic mass is 10.1. The number of amides is 1. The minimum Gasteiger partial charge on any atom is -0.497 e. The van der Waals surface area contributed by atoms with Gasteiger partial charge in [0.2, 0.25) is 0 Å². The molecular formula is C24H20N2O2S. The molecule has 0 aliphatic carbocycles. The molecule has 4 aromatic rings. The SMILES string of the molecule is COc1ccc(C(=O)NCc2ccc(-c3csc(-c4ccccc4)n3)cc2)cc1. The zero-order valence-corrected chi connectivity index (χ0v) is 16.8. The highest BCUT2D eigenvalue weighted by Crippen LogP contribution is 2.28. The van der Waals surface area contributed by atoms with Gasteiger partial charge in [0.25, 0.3) is 5.91 Å². The molecule has 1 N–H and O–H groups in total. The molecule has 0 bridgehead atoms. The number of nitrogens with zero attached hydrogens (tertiary/aromatic N) is 1. The summed E-state index contributed by atoms with van der Waals surface area (Å²) in [5, 5.41) is 6.03. The number of hydrogen-bond donors (Lipinski definition) is 1. The third-order valence-electron chi connectivity index (χ3n) is 4.58. The number of benzene rings is 3. The lowest BCUT2D eigenvalue weighted by Crippen LogP contribution is -2.22. The van der Waals surface area contributed by atoms with E-state index in [1.807, 2.05) is 42.5 Å². The van der Waals surface area contributed by atoms with Crippen molar-refractivity contribution >= 4 is 17.2 Å². The van der Waals surface area contributed by atoms with Crippen molar-refractivity contribution in [3.8, 4) is 27.6 Å². The van der Waals surface area contributed by atoms with Crippen molar-refractivity contribution in [1.82, 2.24) is 10.3 Å². The lowest BCUT2D eigenvalue weighted by Gasteiger charge is -2.07. The number of nitrogens with one attached hydrogen (secondary N) is 1. The van der Waals surface area contributed by atoms with Gasteiger partial charge in [-0.3, -0.25) is 4.79 Å². The average Bonchev–Trinajstić information content (AvgIpc) is 3.29. The molecule has 0 aliphatic rings. The van der Waals surface area contributed by atoms with E-state index in [9.17, 15) is 4.79 Å². The van der Waals surface area contributed by atoms with Gasteiger partial charge in [-0.1, -0.05) is 54.6 Å². The van der Waals surface area contributed by atoms with Crippen LogP contribution >= 0.6 is 11.3 Å². The first-order valence-electron chi connectivity index (χ1n) is 9.25. The minimum absolute atomic E-state index is 0.108. The molecule has 4 rings (SSSR count). The molecule has 0 unspecified atom stereocenters. The summed E-state index contributed by atoms with van der Waals surface area (Å²) in [6, 6.07) is 25.4. The molecule has 0 aliphatic heterocycles. The van der Waals surface area contributed by atoms with Crippen molar-refractivity contribution in [3.63, 3.8) is 0 Å². The van der Waals surface area contributed by atoms with Crippen LogP contribution in [0.1, 0.15) is 15.9 Å². The maximum absolute atomic E-state index is 12.3. The second-order valence-electron chi connectivity index (χ2n) is 6.51. The van der Waals surface area contributed by atoms with Gasteiger partial charge in [-0.15, -0.1) is 11.3 Å². The van der Waals surface area contributed by atoms with E-state index < -0.39 is 0 Å². The molecule has 1 heterocycles. The van der Waals surface area contributed by atoms with E-state index in [0.29, 0.717) is 12.1 Å². The molecule has 1 aromatic heterocycles. The summed E-state index contributed by atoms with van der Waals surface area (Å²) in [5.41, 5.74) is 4.80. The van der Waals surface area contributed by atoms with Gasteiger partial charge in [-0.25, -0.2) is 4.98 Å². The molecule has 3 aromatic carbocycles. The number of carbonyl (C=O) groups excluding carboxylic acids is 1. The van der Waals surface area contributed by atoms with Gasteiger partial charge >= 0.3 is 0 Å². The van der Waals surface area contributed by atoms with Crippen molar-refractivity contribution in [2.45, 2.75) is 6.54 Å². The summed E-state index contributed by atoms with van der Waals surface area (Å²) >= 11 is 1.64. The third kappa shape index (κ3) is 4.52. The number of hydrogen-bond acceptors (Lipinski definition) is 4. The Labute approximate surface area is 173 Å². The number of methoxy groups -OCH3 is 1. The van der Waals surface area contributed by atoms with Gasteiger partial charge < -0.3 is 10.1 Å². The van der Waals surface area contributed by atoms with Crippen LogP contribution in [0.2, 0.25) is 0 Å². The summed E-state index contributed by atoms with van der Waals surface area (Å²) in [4.78, 5) is 17.0. The molecule has 0 radical (unpaired) electrons. The normalized spacial score (nSPS) is 10.5. The maximum atomic E-state index is 12.3. The Morgan fingerprint density at radius 2 is 1.66 bits per heavy atom. The molecule has 1 amide bonds. The van der Waals surface area contributed by atoms with E-state index >= 15 is 0 Å². The van der Waals surface area contributed by atoms with E-state index in [1.54, 1.807) is 42.7 Å². The molecule has 0 fully saturated rings. The predicted molar refractivity (Wildman–Crippen MR) is 117 cm³/mol. The van der Waals surface area contributed by atoms with Crippen molar-refractivity contribution in [2.24, 2.45) is 0 Å². The number of aromatic nitrogens is 1. The fraction of sp³-hybridized carbons (Fsp3) is 0.0833. The fourth-order valence-electron chi connectivity index (χ4n) is 2.94. The standard InChI is InChI=1S/C24H20N2O2S/c1-28-21-13-11-19(12-14-21)23(27)25-15-17-7-9-18(10-8-17)22-16-29-24(26-22)20-5-3-2-4-6-20/h2-14,16H,15H2,1H3,(H,25,27). The van der Waals surface area contributed by atoms with Crippen molar-refractivity contribution in [2.75, 3.05) is 7.11 Å². The van der Waals surface area contributed by atoms with Crippen molar-refractivity contribution in [1.29, 1.82) is 0 Å². The quantitative estimate of drug-likeness (QED) is 0.470. The van der Waals surface area contributed by atoms with Crippen LogP contribution in [0.25, 0.3) is 21.8 Å². The second kappa shape index (κ2) is 8.71. The van der Waals surface area contributed by atoms with Crippen LogP contribution in [0.15, 0.2) is 84.2 Å². The summed E-state index contributed by atoms with van der Waals surface area (Å²) in [7, 11) is 1.60. The third-order valence-corrected chi connectivity index (χ3v) is 5.47. The zero-order chi connectivity index (χ0) is 20.1. The maximum Gasteiger partial charge on any atom is 0.251 e. The van der Waals surface area contributed by atoms with E-state index in [-0.39, 0.29) is 5.91 Å².